The van der Waals surface area contributed by atoms with Gasteiger partial charge in [-0.25, -0.2) is 0 Å². The predicted molar refractivity (Wildman–Crippen MR) is 62.4 cm³/mol. The summed E-state index contributed by atoms with van der Waals surface area (Å²) in [5.41, 5.74) is 5.51. The third-order valence-electron chi connectivity index (χ3n) is 3.51. The second-order valence-electron chi connectivity index (χ2n) is 4.93. The molecule has 3 N–H and O–H groups in total. The Morgan fingerprint density at radius 3 is 2.60 bits per heavy atom. The summed E-state index contributed by atoms with van der Waals surface area (Å²) < 4.78 is 0. The standard InChI is InChI=1S/C12H24N2O/c1-9(8-13)6-7-12(15)14-10(2)11-4-3-5-11/h9-11H,3-8,13H2,1-2H3,(H,14,15). The Balaban J connectivity index is 2.11. The lowest BCUT2D eigenvalue weighted by Crippen LogP contribution is -2.40. The van der Waals surface area contributed by atoms with Crippen LogP contribution in [0.1, 0.15) is 46.0 Å². The summed E-state index contributed by atoms with van der Waals surface area (Å²) >= 11 is 0. The maximum absolute atomic E-state index is 11.6. The molecule has 0 bridgehead atoms. The molecule has 0 saturated heterocycles. The molecule has 0 aromatic carbocycles. The zero-order valence-electron chi connectivity index (χ0n) is 9.96. The van der Waals surface area contributed by atoms with Crippen molar-refractivity contribution in [1.29, 1.82) is 0 Å². The van der Waals surface area contributed by atoms with Gasteiger partial charge in [0.1, 0.15) is 0 Å². The number of carbonyl (C=O) groups is 1. The summed E-state index contributed by atoms with van der Waals surface area (Å²) in [4.78, 5) is 11.6. The van der Waals surface area contributed by atoms with E-state index in [4.69, 9.17) is 5.73 Å². The van der Waals surface area contributed by atoms with Gasteiger partial charge < -0.3 is 11.1 Å². The van der Waals surface area contributed by atoms with Crippen molar-refractivity contribution in [3.63, 3.8) is 0 Å². The van der Waals surface area contributed by atoms with Crippen LogP contribution in [0.4, 0.5) is 0 Å². The van der Waals surface area contributed by atoms with Crippen molar-refractivity contribution in [3.8, 4) is 0 Å². The fourth-order valence-electron chi connectivity index (χ4n) is 1.88. The van der Waals surface area contributed by atoms with Crippen LogP contribution in [0.25, 0.3) is 0 Å². The number of rotatable bonds is 6. The van der Waals surface area contributed by atoms with Crippen molar-refractivity contribution in [1.82, 2.24) is 5.32 Å². The van der Waals surface area contributed by atoms with E-state index in [2.05, 4.69) is 19.2 Å². The minimum atomic E-state index is 0.190. The second kappa shape index (κ2) is 6.11. The first-order chi connectivity index (χ1) is 7.13. The lowest BCUT2D eigenvalue weighted by molar-refractivity contribution is -0.122. The Bertz CT molecular complexity index is 202. The molecule has 1 fully saturated rings. The van der Waals surface area contributed by atoms with Gasteiger partial charge in [-0.3, -0.25) is 4.79 Å². The number of nitrogens with two attached hydrogens (primary N) is 1. The van der Waals surface area contributed by atoms with Crippen molar-refractivity contribution in [3.05, 3.63) is 0 Å². The smallest absolute Gasteiger partial charge is 0.220 e. The average Bonchev–Trinajstić information content (AvgIpc) is 2.11. The molecule has 15 heavy (non-hydrogen) atoms. The first-order valence-corrected chi connectivity index (χ1v) is 6.13. The highest BCUT2D eigenvalue weighted by Crippen LogP contribution is 2.29. The van der Waals surface area contributed by atoms with E-state index in [-0.39, 0.29) is 5.91 Å². The summed E-state index contributed by atoms with van der Waals surface area (Å²) in [6, 6.07) is 0.361. The lowest BCUT2D eigenvalue weighted by Gasteiger charge is -2.31. The van der Waals surface area contributed by atoms with E-state index < -0.39 is 0 Å². The molecular weight excluding hydrogens is 188 g/mol. The summed E-state index contributed by atoms with van der Waals surface area (Å²) in [7, 11) is 0. The molecule has 0 aromatic heterocycles. The number of nitrogens with one attached hydrogen (secondary N) is 1. The normalized spacial score (nSPS) is 20.5. The van der Waals surface area contributed by atoms with Gasteiger partial charge in [0.15, 0.2) is 0 Å². The Morgan fingerprint density at radius 2 is 2.13 bits per heavy atom. The van der Waals surface area contributed by atoms with E-state index in [1.165, 1.54) is 19.3 Å². The quantitative estimate of drug-likeness (QED) is 0.703. The Hall–Kier alpha value is -0.570. The Labute approximate surface area is 92.8 Å². The molecule has 3 heteroatoms. The molecule has 3 nitrogen and oxygen atoms in total. The van der Waals surface area contributed by atoms with Gasteiger partial charge in [-0.05, 0) is 44.6 Å². The SMILES string of the molecule is CC(CN)CCC(=O)NC(C)C1CCC1. The molecule has 0 spiro atoms. The fraction of sp³-hybridized carbons (Fsp3) is 0.917. The number of amides is 1. The fourth-order valence-corrected chi connectivity index (χ4v) is 1.88. The van der Waals surface area contributed by atoms with Crippen LogP contribution in [0, 0.1) is 11.8 Å². The van der Waals surface area contributed by atoms with Crippen LogP contribution < -0.4 is 11.1 Å². The van der Waals surface area contributed by atoms with Crippen LogP contribution in [0.2, 0.25) is 0 Å². The minimum absolute atomic E-state index is 0.190. The first kappa shape index (κ1) is 12.5. The van der Waals surface area contributed by atoms with Crippen molar-refractivity contribution in [2.24, 2.45) is 17.6 Å². The zero-order chi connectivity index (χ0) is 11.3. The molecule has 1 aliphatic carbocycles. The zero-order valence-corrected chi connectivity index (χ0v) is 9.96. The van der Waals surface area contributed by atoms with Crippen LogP contribution in [0.15, 0.2) is 0 Å². The first-order valence-electron chi connectivity index (χ1n) is 6.13. The van der Waals surface area contributed by atoms with Gasteiger partial charge in [0, 0.05) is 12.5 Å². The van der Waals surface area contributed by atoms with Gasteiger partial charge in [0.05, 0.1) is 0 Å². The molecule has 2 unspecified atom stereocenters. The largest absolute Gasteiger partial charge is 0.353 e. The van der Waals surface area contributed by atoms with Gasteiger partial charge in [0.25, 0.3) is 0 Å². The maximum atomic E-state index is 11.6. The van der Waals surface area contributed by atoms with E-state index in [1.54, 1.807) is 0 Å². The highest BCUT2D eigenvalue weighted by atomic mass is 16.1. The van der Waals surface area contributed by atoms with E-state index in [0.717, 1.165) is 12.3 Å². The van der Waals surface area contributed by atoms with Gasteiger partial charge in [0.2, 0.25) is 5.91 Å². The van der Waals surface area contributed by atoms with Crippen molar-refractivity contribution >= 4 is 5.91 Å². The van der Waals surface area contributed by atoms with Crippen LogP contribution in [0.3, 0.4) is 0 Å². The van der Waals surface area contributed by atoms with Gasteiger partial charge in [-0.1, -0.05) is 13.3 Å². The molecule has 1 saturated carbocycles. The second-order valence-corrected chi connectivity index (χ2v) is 4.93. The molecule has 0 radical (unpaired) electrons. The molecule has 1 aliphatic rings. The van der Waals surface area contributed by atoms with Gasteiger partial charge in [-0.2, -0.15) is 0 Å². The number of hydrogen-bond acceptors (Lipinski definition) is 2. The highest BCUT2D eigenvalue weighted by Gasteiger charge is 2.24. The lowest BCUT2D eigenvalue weighted by atomic mass is 9.80. The minimum Gasteiger partial charge on any atom is -0.353 e. The molecule has 88 valence electrons. The molecule has 2 atom stereocenters. The summed E-state index contributed by atoms with van der Waals surface area (Å²) in [5, 5.41) is 3.08. The summed E-state index contributed by atoms with van der Waals surface area (Å²) in [6.07, 6.45) is 5.41. The monoisotopic (exact) mass is 212 g/mol. The Morgan fingerprint density at radius 1 is 1.47 bits per heavy atom. The summed E-state index contributed by atoms with van der Waals surface area (Å²) in [6.45, 7) is 4.88. The van der Waals surface area contributed by atoms with Crippen LogP contribution in [-0.2, 0) is 4.79 Å². The topological polar surface area (TPSA) is 55.1 Å². The van der Waals surface area contributed by atoms with E-state index in [0.29, 0.717) is 24.9 Å². The average molecular weight is 212 g/mol. The third-order valence-corrected chi connectivity index (χ3v) is 3.51. The van der Waals surface area contributed by atoms with Gasteiger partial charge >= 0.3 is 0 Å². The van der Waals surface area contributed by atoms with Crippen molar-refractivity contribution < 1.29 is 4.79 Å². The highest BCUT2D eigenvalue weighted by molar-refractivity contribution is 5.76. The maximum Gasteiger partial charge on any atom is 0.220 e. The Kier molecular flexibility index (Phi) is 5.09. The molecule has 1 rings (SSSR count). The van der Waals surface area contributed by atoms with Crippen molar-refractivity contribution in [2.45, 2.75) is 52.0 Å². The molecule has 1 amide bonds. The third kappa shape index (κ3) is 4.20. The van der Waals surface area contributed by atoms with E-state index >= 15 is 0 Å². The number of carbonyl (C=O) groups excluding carboxylic acids is 1. The van der Waals surface area contributed by atoms with E-state index in [9.17, 15) is 4.79 Å². The molecule has 0 aromatic rings. The van der Waals surface area contributed by atoms with Crippen LogP contribution in [0.5, 0.6) is 0 Å². The van der Waals surface area contributed by atoms with Crippen molar-refractivity contribution in [2.75, 3.05) is 6.54 Å². The number of hydrogen-bond donors (Lipinski definition) is 2. The van der Waals surface area contributed by atoms with Gasteiger partial charge in [-0.15, -0.1) is 0 Å². The molecule has 0 aliphatic heterocycles. The summed E-state index contributed by atoms with van der Waals surface area (Å²) in [5.74, 6) is 1.37. The van der Waals surface area contributed by atoms with Crippen LogP contribution >= 0.6 is 0 Å². The molecule has 0 heterocycles. The molecular formula is C12H24N2O. The van der Waals surface area contributed by atoms with E-state index in [1.807, 2.05) is 0 Å². The predicted octanol–water partition coefficient (Wildman–Crippen LogP) is 1.67. The van der Waals surface area contributed by atoms with Crippen LogP contribution in [-0.4, -0.2) is 18.5 Å².